The van der Waals surface area contributed by atoms with Crippen molar-refractivity contribution in [3.63, 3.8) is 0 Å². The summed E-state index contributed by atoms with van der Waals surface area (Å²) in [5.74, 6) is 0.0692. The smallest absolute Gasteiger partial charge is 0.330 e. The molecule has 1 nitrogen and oxygen atoms in total. The summed E-state index contributed by atoms with van der Waals surface area (Å²) in [6, 6.07) is 3.43. The maximum atomic E-state index is 12.4. The molecule has 0 amide bonds. The zero-order valence-corrected chi connectivity index (χ0v) is 9.57. The maximum Gasteiger partial charge on any atom is 0.416 e. The topological polar surface area (TPSA) is 26.0 Å². The van der Waals surface area contributed by atoms with Crippen molar-refractivity contribution in [1.29, 1.82) is 0 Å². The Morgan fingerprint density at radius 1 is 1.38 bits per heavy atom. The summed E-state index contributed by atoms with van der Waals surface area (Å²) in [4.78, 5) is 0. The highest BCUT2D eigenvalue weighted by Gasteiger charge is 2.31. The fraction of sp³-hybridized carbons (Fsp3) is 0.455. The lowest BCUT2D eigenvalue weighted by Crippen LogP contribution is -2.08. The van der Waals surface area contributed by atoms with Crippen molar-refractivity contribution in [1.82, 2.24) is 0 Å². The number of benzene rings is 1. The number of alkyl halides is 3. The third-order valence-electron chi connectivity index (χ3n) is 2.46. The van der Waals surface area contributed by atoms with Crippen LogP contribution in [0.2, 0.25) is 5.02 Å². The zero-order valence-electron chi connectivity index (χ0n) is 8.81. The Morgan fingerprint density at radius 3 is 2.44 bits per heavy atom. The summed E-state index contributed by atoms with van der Waals surface area (Å²) in [5, 5.41) is 0.149. The summed E-state index contributed by atoms with van der Waals surface area (Å²) >= 11 is 5.83. The van der Waals surface area contributed by atoms with Crippen LogP contribution in [0, 0.1) is 0 Å². The van der Waals surface area contributed by atoms with Crippen LogP contribution in [0.3, 0.4) is 0 Å². The molecule has 0 heterocycles. The molecule has 1 unspecified atom stereocenters. The SMILES string of the molecule is CC(CCN)c1ccc(C(F)(F)F)cc1Cl. The predicted molar refractivity (Wildman–Crippen MR) is 58.5 cm³/mol. The zero-order chi connectivity index (χ0) is 12.3. The van der Waals surface area contributed by atoms with Crippen molar-refractivity contribution < 1.29 is 13.2 Å². The van der Waals surface area contributed by atoms with Gasteiger partial charge in [0.2, 0.25) is 0 Å². The molecule has 0 aliphatic heterocycles. The van der Waals surface area contributed by atoms with Gasteiger partial charge in [0.25, 0.3) is 0 Å². The van der Waals surface area contributed by atoms with Gasteiger partial charge in [-0.05, 0) is 36.6 Å². The Hall–Kier alpha value is -0.740. The molecular formula is C11H13ClF3N. The van der Waals surface area contributed by atoms with E-state index >= 15 is 0 Å². The monoisotopic (exact) mass is 251 g/mol. The minimum Gasteiger partial charge on any atom is -0.330 e. The Bertz CT molecular complexity index is 363. The first kappa shape index (κ1) is 13.3. The van der Waals surface area contributed by atoms with Crippen molar-refractivity contribution in [2.24, 2.45) is 5.73 Å². The molecule has 0 saturated carbocycles. The second kappa shape index (κ2) is 5.06. The molecule has 0 saturated heterocycles. The van der Waals surface area contributed by atoms with E-state index in [0.29, 0.717) is 18.5 Å². The molecule has 0 spiro atoms. The lowest BCUT2D eigenvalue weighted by atomic mass is 9.96. The molecular weight excluding hydrogens is 239 g/mol. The van der Waals surface area contributed by atoms with Gasteiger partial charge in [-0.3, -0.25) is 0 Å². The Kier molecular flexibility index (Phi) is 4.21. The summed E-state index contributed by atoms with van der Waals surface area (Å²) in [6.45, 7) is 2.37. The van der Waals surface area contributed by atoms with E-state index in [9.17, 15) is 13.2 Å². The van der Waals surface area contributed by atoms with E-state index in [-0.39, 0.29) is 10.9 Å². The highest BCUT2D eigenvalue weighted by molar-refractivity contribution is 6.31. The van der Waals surface area contributed by atoms with Gasteiger partial charge in [-0.1, -0.05) is 24.6 Å². The number of halogens is 4. The summed E-state index contributed by atoms with van der Waals surface area (Å²) in [5.41, 5.74) is 5.38. The molecule has 0 aliphatic rings. The molecule has 0 radical (unpaired) electrons. The van der Waals surface area contributed by atoms with E-state index < -0.39 is 11.7 Å². The third kappa shape index (κ3) is 3.12. The Morgan fingerprint density at radius 2 is 2.00 bits per heavy atom. The van der Waals surface area contributed by atoms with Gasteiger partial charge in [-0.15, -0.1) is 0 Å². The second-order valence-corrected chi connectivity index (χ2v) is 4.12. The standard InChI is InChI=1S/C11H13ClF3N/c1-7(4-5-16)9-3-2-8(6-10(9)12)11(13,14)15/h2-3,6-7H,4-5,16H2,1H3. The van der Waals surface area contributed by atoms with Crippen LogP contribution in [0.5, 0.6) is 0 Å². The lowest BCUT2D eigenvalue weighted by molar-refractivity contribution is -0.137. The van der Waals surface area contributed by atoms with Crippen molar-refractivity contribution in [2.45, 2.75) is 25.4 Å². The highest BCUT2D eigenvalue weighted by Crippen LogP contribution is 2.34. The number of hydrogen-bond donors (Lipinski definition) is 1. The highest BCUT2D eigenvalue weighted by atomic mass is 35.5. The largest absolute Gasteiger partial charge is 0.416 e. The van der Waals surface area contributed by atoms with Gasteiger partial charge in [-0.2, -0.15) is 13.2 Å². The van der Waals surface area contributed by atoms with E-state index in [2.05, 4.69) is 0 Å². The molecule has 90 valence electrons. The molecule has 1 atom stereocenters. The molecule has 1 rings (SSSR count). The van der Waals surface area contributed by atoms with Crippen molar-refractivity contribution >= 4 is 11.6 Å². The van der Waals surface area contributed by atoms with Gasteiger partial charge in [0, 0.05) is 5.02 Å². The number of rotatable bonds is 3. The third-order valence-corrected chi connectivity index (χ3v) is 2.79. The fourth-order valence-electron chi connectivity index (χ4n) is 1.51. The minimum absolute atomic E-state index is 0.0692. The summed E-state index contributed by atoms with van der Waals surface area (Å²) < 4.78 is 37.1. The molecule has 16 heavy (non-hydrogen) atoms. The average molecular weight is 252 g/mol. The van der Waals surface area contributed by atoms with E-state index in [0.717, 1.165) is 12.1 Å². The van der Waals surface area contributed by atoms with Gasteiger partial charge in [0.15, 0.2) is 0 Å². The second-order valence-electron chi connectivity index (χ2n) is 3.71. The van der Waals surface area contributed by atoms with Crippen LogP contribution >= 0.6 is 11.6 Å². The van der Waals surface area contributed by atoms with Gasteiger partial charge < -0.3 is 5.73 Å². The van der Waals surface area contributed by atoms with Gasteiger partial charge in [-0.25, -0.2) is 0 Å². The van der Waals surface area contributed by atoms with Gasteiger partial charge in [0.05, 0.1) is 5.56 Å². The van der Waals surface area contributed by atoms with Gasteiger partial charge >= 0.3 is 6.18 Å². The minimum atomic E-state index is -4.35. The van der Waals surface area contributed by atoms with Crippen LogP contribution in [-0.2, 0) is 6.18 Å². The molecule has 0 bridgehead atoms. The van der Waals surface area contributed by atoms with Gasteiger partial charge in [0.1, 0.15) is 0 Å². The predicted octanol–water partition coefficient (Wildman–Crippen LogP) is 3.81. The maximum absolute atomic E-state index is 12.4. The van der Waals surface area contributed by atoms with Crippen LogP contribution in [0.15, 0.2) is 18.2 Å². The quantitative estimate of drug-likeness (QED) is 0.869. The van der Waals surface area contributed by atoms with Crippen molar-refractivity contribution in [3.05, 3.63) is 34.3 Å². The first-order valence-electron chi connectivity index (χ1n) is 4.93. The first-order chi connectivity index (χ1) is 7.36. The van der Waals surface area contributed by atoms with Crippen molar-refractivity contribution in [3.8, 4) is 0 Å². The normalized spacial score (nSPS) is 13.9. The van der Waals surface area contributed by atoms with E-state index in [4.69, 9.17) is 17.3 Å². The van der Waals surface area contributed by atoms with E-state index in [1.165, 1.54) is 6.07 Å². The first-order valence-corrected chi connectivity index (χ1v) is 5.30. The number of hydrogen-bond acceptors (Lipinski definition) is 1. The Labute approximate surface area is 97.4 Å². The summed E-state index contributed by atoms with van der Waals surface area (Å²) in [7, 11) is 0. The van der Waals surface area contributed by atoms with Crippen LogP contribution in [-0.4, -0.2) is 6.54 Å². The van der Waals surface area contributed by atoms with E-state index in [1.807, 2.05) is 6.92 Å². The van der Waals surface area contributed by atoms with Crippen molar-refractivity contribution in [2.75, 3.05) is 6.54 Å². The van der Waals surface area contributed by atoms with Crippen LogP contribution < -0.4 is 5.73 Å². The van der Waals surface area contributed by atoms with Crippen LogP contribution in [0.1, 0.15) is 30.4 Å². The fourth-order valence-corrected chi connectivity index (χ4v) is 1.88. The average Bonchev–Trinajstić information content (AvgIpc) is 2.16. The molecule has 2 N–H and O–H groups in total. The van der Waals surface area contributed by atoms with E-state index in [1.54, 1.807) is 0 Å². The molecule has 0 fully saturated rings. The number of nitrogens with two attached hydrogens (primary N) is 1. The molecule has 1 aromatic carbocycles. The van der Waals surface area contributed by atoms with Crippen LogP contribution in [0.4, 0.5) is 13.2 Å². The summed E-state index contributed by atoms with van der Waals surface area (Å²) in [6.07, 6.45) is -3.65. The Balaban J connectivity index is 3.00. The molecule has 0 aliphatic carbocycles. The lowest BCUT2D eigenvalue weighted by Gasteiger charge is -2.14. The molecule has 5 heteroatoms. The van der Waals surface area contributed by atoms with Crippen LogP contribution in [0.25, 0.3) is 0 Å². The molecule has 0 aromatic heterocycles. The molecule has 1 aromatic rings.